The Morgan fingerprint density at radius 3 is 1.62 bits per heavy atom. The van der Waals surface area contributed by atoms with Crippen LogP contribution in [0.3, 0.4) is 0 Å². The minimum absolute atomic E-state index is 0.00234. The van der Waals surface area contributed by atoms with Crippen molar-refractivity contribution in [3.63, 3.8) is 0 Å². The summed E-state index contributed by atoms with van der Waals surface area (Å²) >= 11 is 1.97. The zero-order chi connectivity index (χ0) is 17.5. The normalized spacial score (nSPS) is 17.5. The van der Waals surface area contributed by atoms with E-state index in [9.17, 15) is 4.79 Å². The van der Waals surface area contributed by atoms with Crippen LogP contribution in [0.5, 0.6) is 0 Å². The molecule has 0 radical (unpaired) electrons. The number of rotatable bonds is 6. The molecule has 0 aromatic rings. The monoisotopic (exact) mass is 333 g/mol. The summed E-state index contributed by atoms with van der Waals surface area (Å²) in [6.45, 7) is 21.4. The second-order valence-corrected chi connectivity index (χ2v) is 13.0. The average molecular weight is 334 g/mol. The molecular weight excluding hydrogens is 297 g/mol. The first-order chi connectivity index (χ1) is 8.82. The fourth-order valence-electron chi connectivity index (χ4n) is 2.85. The van der Waals surface area contributed by atoms with Gasteiger partial charge in [-0.1, -0.05) is 48.5 Å². The van der Waals surface area contributed by atoms with E-state index in [0.717, 1.165) is 6.42 Å². The number of hydrogen-bond donors (Lipinski definition) is 1. The number of ketones is 1. The van der Waals surface area contributed by atoms with Gasteiger partial charge in [0.25, 0.3) is 0 Å². The van der Waals surface area contributed by atoms with E-state index in [1.54, 1.807) is 13.8 Å². The van der Waals surface area contributed by atoms with Gasteiger partial charge in [0.05, 0.1) is 5.54 Å². The number of Topliss-reactive ketones (excluding diaryl/α,β-unsaturated/α-hetero) is 1. The molecule has 0 heterocycles. The average Bonchev–Trinajstić information content (AvgIpc) is 2.08. The first-order valence-electron chi connectivity index (χ1n) is 7.65. The van der Waals surface area contributed by atoms with Gasteiger partial charge in [0.2, 0.25) is 0 Å². The van der Waals surface area contributed by atoms with Crippen LogP contribution >= 0.6 is 21.0 Å². The van der Waals surface area contributed by atoms with Gasteiger partial charge in [0.1, 0.15) is 0 Å². The molecule has 2 nitrogen and oxygen atoms in total. The highest BCUT2D eigenvalue weighted by molar-refractivity contribution is 8.01. The summed E-state index contributed by atoms with van der Waals surface area (Å²) in [5.41, 5.74) is 5.23. The molecule has 0 amide bonds. The molecule has 21 heavy (non-hydrogen) atoms. The molecule has 2 atom stereocenters. The molecule has 2 unspecified atom stereocenters. The van der Waals surface area contributed by atoms with Crippen molar-refractivity contribution in [2.45, 2.75) is 95.8 Å². The first kappa shape index (κ1) is 21.4. The standard InChI is InChI=1S/C17H36NOPS/c1-13(2,3)21-16(8,9)14(4,5)11-17(10,20)12(19)15(6,7)18/h11,18,20H2,1-10H3. The highest BCUT2D eigenvalue weighted by atomic mass is 32.2. The molecule has 0 bridgehead atoms. The molecule has 0 saturated carbocycles. The van der Waals surface area contributed by atoms with Crippen molar-refractivity contribution in [1.29, 1.82) is 0 Å². The molecule has 0 aliphatic heterocycles. The summed E-state index contributed by atoms with van der Waals surface area (Å²) in [5, 5.41) is -0.503. The SMILES string of the molecule is CC(C)(C)SC(C)(C)C(C)(C)CC(C)(P)C(=O)C(C)(C)N. The lowest BCUT2D eigenvalue weighted by atomic mass is 9.71. The minimum Gasteiger partial charge on any atom is -0.319 e. The second kappa shape index (κ2) is 6.13. The van der Waals surface area contributed by atoms with E-state index in [1.165, 1.54) is 0 Å². The van der Waals surface area contributed by atoms with Gasteiger partial charge in [-0.05, 0) is 32.6 Å². The Hall–Kier alpha value is 0.410. The van der Waals surface area contributed by atoms with E-state index >= 15 is 0 Å². The van der Waals surface area contributed by atoms with E-state index in [0.29, 0.717) is 0 Å². The maximum atomic E-state index is 12.6. The van der Waals surface area contributed by atoms with E-state index in [1.807, 2.05) is 18.7 Å². The Bertz CT molecular complexity index is 387. The van der Waals surface area contributed by atoms with Crippen molar-refractivity contribution in [1.82, 2.24) is 0 Å². The minimum atomic E-state index is -0.798. The van der Waals surface area contributed by atoms with Crippen molar-refractivity contribution in [3.8, 4) is 0 Å². The quantitative estimate of drug-likeness (QED) is 0.719. The molecule has 2 N–H and O–H groups in total. The molecule has 0 aliphatic rings. The van der Waals surface area contributed by atoms with Crippen molar-refractivity contribution in [2.75, 3.05) is 0 Å². The number of carbonyl (C=O) groups is 1. The fourth-order valence-corrected chi connectivity index (χ4v) is 5.61. The molecule has 4 heteroatoms. The molecule has 0 aromatic heterocycles. The smallest absolute Gasteiger partial charge is 0.161 e. The van der Waals surface area contributed by atoms with Crippen molar-refractivity contribution < 1.29 is 4.79 Å². The summed E-state index contributed by atoms with van der Waals surface area (Å²) in [6.07, 6.45) is 0.792. The van der Waals surface area contributed by atoms with E-state index in [-0.39, 0.29) is 20.7 Å². The van der Waals surface area contributed by atoms with E-state index < -0.39 is 10.7 Å². The van der Waals surface area contributed by atoms with Gasteiger partial charge in [-0.3, -0.25) is 4.79 Å². The van der Waals surface area contributed by atoms with E-state index in [4.69, 9.17) is 5.73 Å². The maximum Gasteiger partial charge on any atom is 0.161 e. The molecule has 0 aliphatic carbocycles. The van der Waals surface area contributed by atoms with Gasteiger partial charge < -0.3 is 5.73 Å². The van der Waals surface area contributed by atoms with Gasteiger partial charge in [-0.15, -0.1) is 21.0 Å². The van der Waals surface area contributed by atoms with E-state index in [2.05, 4.69) is 57.7 Å². The lowest BCUT2D eigenvalue weighted by molar-refractivity contribution is -0.126. The molecule has 126 valence electrons. The third-order valence-electron chi connectivity index (χ3n) is 4.10. The number of hydrogen-bond acceptors (Lipinski definition) is 3. The van der Waals surface area contributed by atoms with Crippen LogP contribution in [0.2, 0.25) is 0 Å². The van der Waals surface area contributed by atoms with Crippen LogP contribution in [0.1, 0.15) is 75.7 Å². The lowest BCUT2D eigenvalue weighted by Crippen LogP contribution is -2.53. The van der Waals surface area contributed by atoms with Gasteiger partial charge in [0, 0.05) is 14.7 Å². The molecule has 0 saturated heterocycles. The Labute approximate surface area is 139 Å². The number of thioether (sulfide) groups is 1. The van der Waals surface area contributed by atoms with Crippen LogP contribution in [0.25, 0.3) is 0 Å². The highest BCUT2D eigenvalue weighted by Gasteiger charge is 2.47. The predicted molar refractivity (Wildman–Crippen MR) is 101 cm³/mol. The zero-order valence-corrected chi connectivity index (χ0v) is 17.6. The van der Waals surface area contributed by atoms with Gasteiger partial charge in [-0.2, -0.15) is 0 Å². The predicted octanol–water partition coefficient (Wildman–Crippen LogP) is 4.65. The fraction of sp³-hybridized carbons (Fsp3) is 0.941. The Morgan fingerprint density at radius 2 is 1.33 bits per heavy atom. The summed E-state index contributed by atoms with van der Waals surface area (Å²) in [6, 6.07) is 0. The van der Waals surface area contributed by atoms with Crippen molar-refractivity contribution in [2.24, 2.45) is 11.1 Å². The molecule has 0 spiro atoms. The topological polar surface area (TPSA) is 43.1 Å². The third-order valence-corrected chi connectivity index (χ3v) is 6.25. The Balaban J connectivity index is 5.32. The maximum absolute atomic E-state index is 12.6. The Kier molecular flexibility index (Phi) is 6.25. The zero-order valence-electron chi connectivity index (χ0n) is 15.7. The summed E-state index contributed by atoms with van der Waals surface area (Å²) in [5.74, 6) is 0.102. The third kappa shape index (κ3) is 6.20. The highest BCUT2D eigenvalue weighted by Crippen LogP contribution is 2.52. The lowest BCUT2D eigenvalue weighted by Gasteiger charge is -2.48. The molecule has 0 rings (SSSR count). The van der Waals surface area contributed by atoms with Gasteiger partial charge >= 0.3 is 0 Å². The van der Waals surface area contributed by atoms with Crippen LogP contribution in [0, 0.1) is 5.41 Å². The van der Waals surface area contributed by atoms with Crippen LogP contribution in [0.4, 0.5) is 0 Å². The summed E-state index contributed by atoms with van der Waals surface area (Å²) in [7, 11) is 2.75. The van der Waals surface area contributed by atoms with Crippen molar-refractivity contribution >= 4 is 26.8 Å². The molecular formula is C17H36NOPS. The first-order valence-corrected chi connectivity index (χ1v) is 9.04. The van der Waals surface area contributed by atoms with Crippen LogP contribution in [-0.2, 0) is 4.79 Å². The van der Waals surface area contributed by atoms with Gasteiger partial charge in [-0.25, -0.2) is 0 Å². The molecule has 0 fully saturated rings. The van der Waals surface area contributed by atoms with Crippen LogP contribution < -0.4 is 5.73 Å². The second-order valence-electron chi connectivity index (χ2n) is 9.25. The molecule has 0 aromatic carbocycles. The summed E-state index contributed by atoms with van der Waals surface area (Å²) in [4.78, 5) is 12.6. The van der Waals surface area contributed by atoms with Crippen LogP contribution in [0.15, 0.2) is 0 Å². The Morgan fingerprint density at radius 1 is 0.952 bits per heavy atom. The van der Waals surface area contributed by atoms with Crippen molar-refractivity contribution in [3.05, 3.63) is 0 Å². The van der Waals surface area contributed by atoms with Crippen LogP contribution in [-0.4, -0.2) is 26.0 Å². The number of nitrogens with two attached hydrogens (primary N) is 1. The summed E-state index contributed by atoms with van der Waals surface area (Å²) < 4.78 is 0.247. The number of carbonyl (C=O) groups excluding carboxylic acids is 1. The van der Waals surface area contributed by atoms with Gasteiger partial charge in [0.15, 0.2) is 5.78 Å². The largest absolute Gasteiger partial charge is 0.319 e.